The SMILES string of the molecule is O=C(CSc1nc2ccc(NC(=O)c3ccccc3Cl)cc2s1)Nc1ccccc1F. The van der Waals surface area contributed by atoms with Crippen LogP contribution in [-0.2, 0) is 4.79 Å². The fourth-order valence-electron chi connectivity index (χ4n) is 2.76. The van der Waals surface area contributed by atoms with Crippen LogP contribution in [0.25, 0.3) is 10.2 Å². The van der Waals surface area contributed by atoms with Crippen molar-refractivity contribution in [1.82, 2.24) is 4.98 Å². The first kappa shape index (κ1) is 21.3. The maximum absolute atomic E-state index is 13.6. The van der Waals surface area contributed by atoms with E-state index < -0.39 is 5.82 Å². The molecule has 2 N–H and O–H groups in total. The Morgan fingerprint density at radius 2 is 1.81 bits per heavy atom. The minimum atomic E-state index is -0.479. The molecule has 9 heteroatoms. The molecule has 0 radical (unpaired) electrons. The van der Waals surface area contributed by atoms with Gasteiger partial charge in [0.1, 0.15) is 5.82 Å². The lowest BCUT2D eigenvalue weighted by molar-refractivity contribution is -0.113. The number of para-hydroxylation sites is 1. The number of nitrogens with one attached hydrogen (secondary N) is 2. The number of amides is 2. The molecular formula is C22H15ClFN3O2S2. The summed E-state index contributed by atoms with van der Waals surface area (Å²) in [6.07, 6.45) is 0. The molecule has 0 bridgehead atoms. The number of halogens is 2. The monoisotopic (exact) mass is 471 g/mol. The van der Waals surface area contributed by atoms with E-state index in [4.69, 9.17) is 11.6 Å². The molecule has 0 atom stereocenters. The highest BCUT2D eigenvalue weighted by Gasteiger charge is 2.13. The highest BCUT2D eigenvalue weighted by atomic mass is 35.5. The van der Waals surface area contributed by atoms with E-state index in [1.807, 2.05) is 6.07 Å². The second-order valence-electron chi connectivity index (χ2n) is 6.41. The predicted octanol–water partition coefficient (Wildman–Crippen LogP) is 6.07. The number of nitrogens with zero attached hydrogens (tertiary/aromatic N) is 1. The largest absolute Gasteiger partial charge is 0.323 e. The molecule has 31 heavy (non-hydrogen) atoms. The zero-order valence-corrected chi connectivity index (χ0v) is 18.3. The van der Waals surface area contributed by atoms with E-state index in [2.05, 4.69) is 15.6 Å². The normalized spacial score (nSPS) is 10.8. The summed E-state index contributed by atoms with van der Waals surface area (Å²) in [5.41, 5.74) is 1.93. The highest BCUT2D eigenvalue weighted by molar-refractivity contribution is 8.01. The van der Waals surface area contributed by atoms with Gasteiger partial charge >= 0.3 is 0 Å². The summed E-state index contributed by atoms with van der Waals surface area (Å²) in [7, 11) is 0. The third kappa shape index (κ3) is 5.22. The van der Waals surface area contributed by atoms with E-state index in [9.17, 15) is 14.0 Å². The Labute approximate surface area is 190 Å². The Bertz CT molecular complexity index is 1280. The van der Waals surface area contributed by atoms with Crippen LogP contribution in [0.15, 0.2) is 71.1 Å². The van der Waals surface area contributed by atoms with Crippen LogP contribution in [0, 0.1) is 5.82 Å². The van der Waals surface area contributed by atoms with Crippen molar-refractivity contribution in [3.05, 3.63) is 83.1 Å². The average Bonchev–Trinajstić information content (AvgIpc) is 3.16. The number of rotatable bonds is 6. The minimum absolute atomic E-state index is 0.101. The molecule has 1 aromatic heterocycles. The van der Waals surface area contributed by atoms with Crippen LogP contribution in [-0.4, -0.2) is 22.6 Å². The van der Waals surface area contributed by atoms with Gasteiger partial charge in [0.05, 0.1) is 32.2 Å². The van der Waals surface area contributed by atoms with Gasteiger partial charge in [-0.1, -0.05) is 47.6 Å². The van der Waals surface area contributed by atoms with Gasteiger partial charge in [0.25, 0.3) is 5.91 Å². The summed E-state index contributed by atoms with van der Waals surface area (Å²) in [6.45, 7) is 0. The Balaban J connectivity index is 1.40. The van der Waals surface area contributed by atoms with Gasteiger partial charge in [0.15, 0.2) is 4.34 Å². The van der Waals surface area contributed by atoms with Gasteiger partial charge < -0.3 is 10.6 Å². The van der Waals surface area contributed by atoms with Crippen LogP contribution in [0.4, 0.5) is 15.8 Å². The third-order valence-corrected chi connectivity index (χ3v) is 6.71. The van der Waals surface area contributed by atoms with Crippen molar-refractivity contribution in [2.24, 2.45) is 0 Å². The van der Waals surface area contributed by atoms with Gasteiger partial charge in [-0.15, -0.1) is 11.3 Å². The summed E-state index contributed by atoms with van der Waals surface area (Å²) in [4.78, 5) is 29.1. The first-order valence-corrected chi connectivity index (χ1v) is 11.3. The lowest BCUT2D eigenvalue weighted by atomic mass is 10.2. The van der Waals surface area contributed by atoms with Crippen molar-refractivity contribution in [2.75, 3.05) is 16.4 Å². The lowest BCUT2D eigenvalue weighted by Crippen LogP contribution is -2.14. The van der Waals surface area contributed by atoms with Crippen molar-refractivity contribution in [3.8, 4) is 0 Å². The Morgan fingerprint density at radius 3 is 2.61 bits per heavy atom. The van der Waals surface area contributed by atoms with E-state index in [1.165, 1.54) is 35.2 Å². The molecule has 0 unspecified atom stereocenters. The smallest absolute Gasteiger partial charge is 0.257 e. The Hall–Kier alpha value is -2.94. The Kier molecular flexibility index (Phi) is 6.50. The van der Waals surface area contributed by atoms with Crippen LogP contribution in [0.5, 0.6) is 0 Å². The maximum Gasteiger partial charge on any atom is 0.257 e. The minimum Gasteiger partial charge on any atom is -0.323 e. The van der Waals surface area contributed by atoms with Crippen LogP contribution in [0.1, 0.15) is 10.4 Å². The van der Waals surface area contributed by atoms with Gasteiger partial charge in [-0.05, 0) is 42.5 Å². The first-order chi connectivity index (χ1) is 15.0. The third-order valence-electron chi connectivity index (χ3n) is 4.22. The zero-order valence-electron chi connectivity index (χ0n) is 15.9. The van der Waals surface area contributed by atoms with Crippen LogP contribution >= 0.6 is 34.7 Å². The quantitative estimate of drug-likeness (QED) is 0.335. The second kappa shape index (κ2) is 9.47. The molecule has 2 amide bonds. The molecule has 0 saturated heterocycles. The molecule has 0 aliphatic rings. The van der Waals surface area contributed by atoms with Crippen molar-refractivity contribution in [1.29, 1.82) is 0 Å². The molecule has 1 heterocycles. The van der Waals surface area contributed by atoms with Crippen LogP contribution in [0.3, 0.4) is 0 Å². The maximum atomic E-state index is 13.6. The topological polar surface area (TPSA) is 71.1 Å². The summed E-state index contributed by atoms with van der Waals surface area (Å²) in [5, 5.41) is 5.76. The molecule has 0 spiro atoms. The fourth-order valence-corrected chi connectivity index (χ4v) is 4.89. The number of hydrogen-bond donors (Lipinski definition) is 2. The molecule has 5 nitrogen and oxygen atoms in total. The van der Waals surface area contributed by atoms with Gasteiger partial charge in [-0.3, -0.25) is 9.59 Å². The summed E-state index contributed by atoms with van der Waals surface area (Å²) >= 11 is 8.75. The number of fused-ring (bicyclic) bond motifs is 1. The van der Waals surface area contributed by atoms with E-state index in [0.29, 0.717) is 20.6 Å². The van der Waals surface area contributed by atoms with Crippen molar-refractivity contribution >= 4 is 68.1 Å². The number of aromatic nitrogens is 1. The van der Waals surface area contributed by atoms with E-state index in [1.54, 1.807) is 48.5 Å². The number of anilines is 2. The number of hydrogen-bond acceptors (Lipinski definition) is 5. The number of carbonyl (C=O) groups excluding carboxylic acids is 2. The van der Waals surface area contributed by atoms with E-state index in [-0.39, 0.29) is 23.3 Å². The zero-order chi connectivity index (χ0) is 21.8. The molecule has 4 aromatic rings. The number of benzene rings is 3. The predicted molar refractivity (Wildman–Crippen MR) is 125 cm³/mol. The first-order valence-electron chi connectivity index (χ1n) is 9.13. The Morgan fingerprint density at radius 1 is 1.03 bits per heavy atom. The number of thioether (sulfide) groups is 1. The molecule has 0 aliphatic carbocycles. The van der Waals surface area contributed by atoms with Gasteiger partial charge in [0.2, 0.25) is 5.91 Å². The molecule has 3 aromatic carbocycles. The summed E-state index contributed by atoms with van der Waals surface area (Å²) in [6, 6.07) is 18.2. The summed E-state index contributed by atoms with van der Waals surface area (Å²) < 4.78 is 15.2. The number of thiazole rings is 1. The van der Waals surface area contributed by atoms with E-state index >= 15 is 0 Å². The van der Waals surface area contributed by atoms with Gasteiger partial charge in [-0.2, -0.15) is 0 Å². The van der Waals surface area contributed by atoms with E-state index in [0.717, 1.165) is 10.2 Å². The average molecular weight is 472 g/mol. The van der Waals surface area contributed by atoms with Crippen LogP contribution < -0.4 is 10.6 Å². The summed E-state index contributed by atoms with van der Waals surface area (Å²) in [5.74, 6) is -0.993. The molecule has 0 fully saturated rings. The highest BCUT2D eigenvalue weighted by Crippen LogP contribution is 2.31. The molecule has 0 aliphatic heterocycles. The van der Waals surface area contributed by atoms with Gasteiger partial charge in [-0.25, -0.2) is 9.37 Å². The van der Waals surface area contributed by atoms with Crippen molar-refractivity contribution < 1.29 is 14.0 Å². The number of carbonyl (C=O) groups is 2. The molecule has 0 saturated carbocycles. The lowest BCUT2D eigenvalue weighted by Gasteiger charge is -2.06. The van der Waals surface area contributed by atoms with Gasteiger partial charge in [0, 0.05) is 5.69 Å². The molecule has 156 valence electrons. The standard InChI is InChI=1S/C22H15ClFN3O2S2/c23-15-6-2-1-5-14(15)21(29)25-13-9-10-18-19(11-13)31-22(27-18)30-12-20(28)26-17-8-4-3-7-16(17)24/h1-11H,12H2,(H,25,29)(H,26,28). The van der Waals surface area contributed by atoms with Crippen LogP contribution in [0.2, 0.25) is 5.02 Å². The second-order valence-corrected chi connectivity index (χ2v) is 9.07. The van der Waals surface area contributed by atoms with Crippen molar-refractivity contribution in [2.45, 2.75) is 4.34 Å². The molecular weight excluding hydrogens is 457 g/mol. The fraction of sp³-hybridized carbons (Fsp3) is 0.0455. The molecule has 4 rings (SSSR count). The van der Waals surface area contributed by atoms with Crippen molar-refractivity contribution in [3.63, 3.8) is 0 Å².